The summed E-state index contributed by atoms with van der Waals surface area (Å²) in [5.74, 6) is -2.61. The van der Waals surface area contributed by atoms with Crippen molar-refractivity contribution < 1.29 is 32.3 Å². The van der Waals surface area contributed by atoms with E-state index >= 15 is 0 Å². The molecule has 0 aromatic heterocycles. The molecule has 28 heavy (non-hydrogen) atoms. The number of carbonyl (C=O) groups excluding carboxylic acids is 4. The lowest BCUT2D eigenvalue weighted by atomic mass is 10.0. The SMILES string of the molecule is C[C@@H](NC1=CC(=O)N(C2CCC(=O)NC2=O)C1=O)c1ccc(C(F)(F)F)cc1. The van der Waals surface area contributed by atoms with E-state index in [1.807, 2.05) is 0 Å². The zero-order chi connectivity index (χ0) is 20.6. The second kappa shape index (κ2) is 7.10. The van der Waals surface area contributed by atoms with Crippen molar-refractivity contribution in [1.29, 1.82) is 0 Å². The van der Waals surface area contributed by atoms with Crippen LogP contribution in [0.1, 0.15) is 36.9 Å². The Morgan fingerprint density at radius 3 is 2.36 bits per heavy atom. The zero-order valence-electron chi connectivity index (χ0n) is 14.7. The first-order chi connectivity index (χ1) is 13.1. The normalized spacial score (nSPS) is 21.5. The fourth-order valence-electron chi connectivity index (χ4n) is 3.09. The Bertz CT molecular complexity index is 877. The molecular formula is C18H16F3N3O4. The van der Waals surface area contributed by atoms with E-state index in [-0.39, 0.29) is 18.5 Å². The van der Waals surface area contributed by atoms with Gasteiger partial charge in [-0.05, 0) is 31.0 Å². The van der Waals surface area contributed by atoms with Gasteiger partial charge in [0.2, 0.25) is 11.8 Å². The van der Waals surface area contributed by atoms with Crippen molar-refractivity contribution in [3.8, 4) is 0 Å². The summed E-state index contributed by atoms with van der Waals surface area (Å²) in [4.78, 5) is 48.7. The van der Waals surface area contributed by atoms with E-state index in [2.05, 4.69) is 10.6 Å². The highest BCUT2D eigenvalue weighted by atomic mass is 19.4. The molecule has 7 nitrogen and oxygen atoms in total. The Kier molecular flexibility index (Phi) is 4.97. The van der Waals surface area contributed by atoms with Crippen molar-refractivity contribution >= 4 is 23.6 Å². The number of amides is 4. The fraction of sp³-hybridized carbons (Fsp3) is 0.333. The van der Waals surface area contributed by atoms with Crippen molar-refractivity contribution in [2.75, 3.05) is 0 Å². The maximum atomic E-state index is 12.7. The monoisotopic (exact) mass is 395 g/mol. The van der Waals surface area contributed by atoms with Crippen molar-refractivity contribution in [2.45, 2.75) is 38.0 Å². The molecule has 2 atom stereocenters. The molecule has 1 saturated heterocycles. The summed E-state index contributed by atoms with van der Waals surface area (Å²) in [6, 6.07) is 2.78. The number of rotatable bonds is 4. The van der Waals surface area contributed by atoms with Crippen LogP contribution >= 0.6 is 0 Å². The van der Waals surface area contributed by atoms with Gasteiger partial charge in [-0.1, -0.05) is 12.1 Å². The lowest BCUT2D eigenvalue weighted by molar-refractivity contribution is -0.149. The van der Waals surface area contributed by atoms with E-state index in [0.29, 0.717) is 5.56 Å². The van der Waals surface area contributed by atoms with Crippen LogP contribution in [0.5, 0.6) is 0 Å². The number of alkyl halides is 3. The number of nitrogens with zero attached hydrogens (tertiary/aromatic N) is 1. The molecule has 2 N–H and O–H groups in total. The van der Waals surface area contributed by atoms with Gasteiger partial charge in [-0.2, -0.15) is 13.2 Å². The van der Waals surface area contributed by atoms with Gasteiger partial charge in [0.15, 0.2) is 0 Å². The topological polar surface area (TPSA) is 95.6 Å². The summed E-state index contributed by atoms with van der Waals surface area (Å²) in [5.41, 5.74) is -0.380. The number of nitrogens with one attached hydrogen (secondary N) is 2. The van der Waals surface area contributed by atoms with Gasteiger partial charge in [-0.3, -0.25) is 29.4 Å². The maximum Gasteiger partial charge on any atom is 0.416 e. The lowest BCUT2D eigenvalue weighted by Gasteiger charge is -2.28. The third-order valence-corrected chi connectivity index (χ3v) is 4.59. The molecule has 1 aromatic rings. The predicted molar refractivity (Wildman–Crippen MR) is 89.1 cm³/mol. The standard InChI is InChI=1S/C18H16F3N3O4/c1-9(10-2-4-11(5-3-10)18(19,20)21)22-12-8-15(26)24(17(12)28)13-6-7-14(25)23-16(13)27/h2-5,8-9,13,22H,6-7H2,1H3,(H,23,25,27)/t9-,13?/m1/s1. The maximum absolute atomic E-state index is 12.7. The number of hydrogen-bond acceptors (Lipinski definition) is 5. The van der Waals surface area contributed by atoms with Gasteiger partial charge >= 0.3 is 6.18 Å². The van der Waals surface area contributed by atoms with Gasteiger partial charge in [-0.15, -0.1) is 0 Å². The smallest absolute Gasteiger partial charge is 0.374 e. The summed E-state index contributed by atoms with van der Waals surface area (Å²) in [6.45, 7) is 1.62. The van der Waals surface area contributed by atoms with E-state index in [1.165, 1.54) is 12.1 Å². The summed E-state index contributed by atoms with van der Waals surface area (Å²) in [6.07, 6.45) is -3.36. The van der Waals surface area contributed by atoms with Crippen LogP contribution in [0, 0.1) is 0 Å². The second-order valence-electron chi connectivity index (χ2n) is 6.52. The van der Waals surface area contributed by atoms with Crippen LogP contribution in [0.4, 0.5) is 13.2 Å². The molecule has 2 aliphatic rings. The molecule has 0 aliphatic carbocycles. The number of benzene rings is 1. The Morgan fingerprint density at radius 1 is 1.14 bits per heavy atom. The van der Waals surface area contributed by atoms with Crippen molar-refractivity contribution in [3.05, 3.63) is 47.2 Å². The van der Waals surface area contributed by atoms with Crippen LogP contribution in [0.15, 0.2) is 36.0 Å². The van der Waals surface area contributed by atoms with E-state index < -0.39 is 47.5 Å². The highest BCUT2D eigenvalue weighted by Crippen LogP contribution is 2.30. The highest BCUT2D eigenvalue weighted by molar-refractivity contribution is 6.18. The summed E-state index contributed by atoms with van der Waals surface area (Å²) >= 11 is 0. The number of carbonyl (C=O) groups is 4. The molecule has 3 rings (SSSR count). The molecule has 0 saturated carbocycles. The Hall–Kier alpha value is -3.17. The van der Waals surface area contributed by atoms with Gasteiger partial charge in [0.25, 0.3) is 11.8 Å². The van der Waals surface area contributed by atoms with Gasteiger partial charge in [0.05, 0.1) is 5.56 Å². The third kappa shape index (κ3) is 3.75. The Morgan fingerprint density at radius 2 is 1.79 bits per heavy atom. The number of piperidine rings is 1. The fourth-order valence-corrected chi connectivity index (χ4v) is 3.09. The minimum absolute atomic E-state index is 0.0121. The summed E-state index contributed by atoms with van der Waals surface area (Å²) in [5, 5.41) is 4.88. The van der Waals surface area contributed by atoms with Crippen LogP contribution in [0.25, 0.3) is 0 Å². The molecule has 0 spiro atoms. The average molecular weight is 395 g/mol. The Balaban J connectivity index is 1.70. The van der Waals surface area contributed by atoms with Crippen LogP contribution in [-0.2, 0) is 25.4 Å². The predicted octanol–water partition coefficient (Wildman–Crippen LogP) is 1.41. The van der Waals surface area contributed by atoms with Crippen LogP contribution < -0.4 is 10.6 Å². The van der Waals surface area contributed by atoms with E-state index in [1.54, 1.807) is 6.92 Å². The Labute approximate surface area is 157 Å². The molecule has 2 aliphatic heterocycles. The second-order valence-corrected chi connectivity index (χ2v) is 6.52. The molecule has 0 bridgehead atoms. The zero-order valence-corrected chi connectivity index (χ0v) is 14.7. The van der Waals surface area contributed by atoms with E-state index in [9.17, 15) is 32.3 Å². The molecule has 1 aromatic carbocycles. The van der Waals surface area contributed by atoms with Gasteiger partial charge in [0, 0.05) is 18.5 Å². The van der Waals surface area contributed by atoms with Crippen molar-refractivity contribution in [1.82, 2.24) is 15.5 Å². The molecule has 4 amide bonds. The first-order valence-electron chi connectivity index (χ1n) is 8.44. The largest absolute Gasteiger partial charge is 0.416 e. The van der Waals surface area contributed by atoms with Crippen molar-refractivity contribution in [2.24, 2.45) is 0 Å². The summed E-state index contributed by atoms with van der Waals surface area (Å²) in [7, 11) is 0. The van der Waals surface area contributed by atoms with Gasteiger partial charge in [0.1, 0.15) is 11.7 Å². The molecule has 0 radical (unpaired) electrons. The molecule has 1 unspecified atom stereocenters. The minimum atomic E-state index is -4.45. The molecule has 1 fully saturated rings. The van der Waals surface area contributed by atoms with E-state index in [4.69, 9.17) is 0 Å². The highest BCUT2D eigenvalue weighted by Gasteiger charge is 2.42. The van der Waals surface area contributed by atoms with Crippen LogP contribution in [-0.4, -0.2) is 34.6 Å². The quantitative estimate of drug-likeness (QED) is 0.752. The molecular weight excluding hydrogens is 379 g/mol. The molecule has 2 heterocycles. The average Bonchev–Trinajstić information content (AvgIpc) is 2.88. The van der Waals surface area contributed by atoms with Crippen molar-refractivity contribution in [3.63, 3.8) is 0 Å². The van der Waals surface area contributed by atoms with Crippen LogP contribution in [0.2, 0.25) is 0 Å². The first kappa shape index (κ1) is 19.6. The summed E-state index contributed by atoms with van der Waals surface area (Å²) < 4.78 is 38.0. The molecule has 148 valence electrons. The number of imide groups is 2. The minimum Gasteiger partial charge on any atom is -0.374 e. The third-order valence-electron chi connectivity index (χ3n) is 4.59. The first-order valence-corrected chi connectivity index (χ1v) is 8.44. The lowest BCUT2D eigenvalue weighted by Crippen LogP contribution is -2.54. The molecule has 10 heteroatoms. The van der Waals surface area contributed by atoms with E-state index in [0.717, 1.165) is 23.1 Å². The number of halogens is 3. The van der Waals surface area contributed by atoms with Crippen LogP contribution in [0.3, 0.4) is 0 Å². The van der Waals surface area contributed by atoms with Gasteiger partial charge < -0.3 is 5.32 Å². The van der Waals surface area contributed by atoms with Gasteiger partial charge in [-0.25, -0.2) is 0 Å². The number of hydrogen-bond donors (Lipinski definition) is 2.